The molecule has 3 unspecified atom stereocenters. The Hall–Kier alpha value is -0.870. The first-order valence-corrected chi connectivity index (χ1v) is 7.34. The Labute approximate surface area is 116 Å². The van der Waals surface area contributed by atoms with E-state index in [4.69, 9.17) is 10.7 Å². The lowest BCUT2D eigenvalue weighted by atomic mass is 9.88. The molecule has 0 saturated heterocycles. The van der Waals surface area contributed by atoms with Gasteiger partial charge in [0.05, 0.1) is 12.1 Å². The molecule has 0 amide bonds. The lowest BCUT2D eigenvalue weighted by Gasteiger charge is -2.28. The Morgan fingerprint density at radius 2 is 2.17 bits per heavy atom. The zero-order valence-corrected chi connectivity index (χ0v) is 11.9. The number of hydrogen-bond acceptors (Lipinski definition) is 3. The van der Waals surface area contributed by atoms with Crippen molar-refractivity contribution >= 4 is 21.8 Å². The van der Waals surface area contributed by atoms with Crippen molar-refractivity contribution in [1.29, 1.82) is 0 Å². The zero-order valence-electron chi connectivity index (χ0n) is 10.3. The van der Waals surface area contributed by atoms with Gasteiger partial charge < -0.3 is 11.1 Å². The average Bonchev–Trinajstić information content (AvgIpc) is 2.73. The first kappa shape index (κ1) is 12.2. The number of rotatable bonds is 2. The van der Waals surface area contributed by atoms with E-state index in [1.54, 1.807) is 0 Å². The fourth-order valence-corrected chi connectivity index (χ4v) is 3.29. The molecule has 1 fully saturated rings. The minimum atomic E-state index is 0.344. The van der Waals surface area contributed by atoms with Crippen molar-refractivity contribution < 1.29 is 0 Å². The third-order valence-corrected chi connectivity index (χ3v) is 4.62. The van der Waals surface area contributed by atoms with Crippen molar-refractivity contribution in [3.05, 3.63) is 34.3 Å². The Bertz CT molecular complexity index is 472. The van der Waals surface area contributed by atoms with Crippen LogP contribution in [0.3, 0.4) is 0 Å². The molecule has 0 radical (unpaired) electrons. The highest BCUT2D eigenvalue weighted by molar-refractivity contribution is 9.10. The highest BCUT2D eigenvalue weighted by Gasteiger charge is 2.33. The molecule has 0 aromatic heterocycles. The van der Waals surface area contributed by atoms with Crippen LogP contribution in [-0.2, 0) is 6.42 Å². The summed E-state index contributed by atoms with van der Waals surface area (Å²) in [6.45, 7) is 0. The summed E-state index contributed by atoms with van der Waals surface area (Å²) in [4.78, 5) is 4.81. The predicted octanol–water partition coefficient (Wildman–Crippen LogP) is 2.24. The van der Waals surface area contributed by atoms with E-state index in [0.29, 0.717) is 18.1 Å². The largest absolute Gasteiger partial charge is 0.369 e. The van der Waals surface area contributed by atoms with Crippen molar-refractivity contribution in [2.45, 2.75) is 43.8 Å². The van der Waals surface area contributed by atoms with E-state index in [-0.39, 0.29) is 0 Å². The minimum Gasteiger partial charge on any atom is -0.369 e. The van der Waals surface area contributed by atoms with Crippen LogP contribution < -0.4 is 11.1 Å². The maximum Gasteiger partial charge on any atom is 0.101 e. The van der Waals surface area contributed by atoms with Gasteiger partial charge in [0.2, 0.25) is 0 Å². The van der Waals surface area contributed by atoms with Gasteiger partial charge in [-0.05, 0) is 30.9 Å². The number of nitrogens with two attached hydrogens (primary N) is 1. The van der Waals surface area contributed by atoms with E-state index >= 15 is 0 Å². The van der Waals surface area contributed by atoms with Crippen LogP contribution in [0.4, 0.5) is 0 Å². The highest BCUT2D eigenvalue weighted by atomic mass is 79.9. The fraction of sp³-hybridized carbons (Fsp3) is 0.500. The van der Waals surface area contributed by atoms with Gasteiger partial charge in [-0.15, -0.1) is 0 Å². The molecular formula is C14H18BrN3. The highest BCUT2D eigenvalue weighted by Crippen LogP contribution is 2.25. The Balaban J connectivity index is 1.70. The fourth-order valence-electron chi connectivity index (χ4n) is 2.87. The first-order valence-electron chi connectivity index (χ1n) is 6.54. The van der Waals surface area contributed by atoms with E-state index in [1.807, 2.05) is 6.07 Å². The van der Waals surface area contributed by atoms with Crippen molar-refractivity contribution in [2.75, 3.05) is 0 Å². The van der Waals surface area contributed by atoms with Crippen LogP contribution in [0.1, 0.15) is 24.8 Å². The third-order valence-electron chi connectivity index (χ3n) is 3.84. The Kier molecular flexibility index (Phi) is 3.39. The molecule has 96 valence electrons. The number of nitrogens with zero attached hydrogens (tertiary/aromatic N) is 1. The summed E-state index contributed by atoms with van der Waals surface area (Å²) in [6, 6.07) is 9.58. The molecule has 3 N–H and O–H groups in total. The predicted molar refractivity (Wildman–Crippen MR) is 77.8 cm³/mol. The molecular weight excluding hydrogens is 290 g/mol. The Morgan fingerprint density at radius 1 is 1.33 bits per heavy atom. The van der Waals surface area contributed by atoms with Crippen molar-refractivity contribution in [2.24, 2.45) is 10.7 Å². The summed E-state index contributed by atoms with van der Waals surface area (Å²) >= 11 is 3.59. The molecule has 2 aliphatic rings. The van der Waals surface area contributed by atoms with Gasteiger partial charge in [0.1, 0.15) is 5.84 Å². The smallest absolute Gasteiger partial charge is 0.101 e. The topological polar surface area (TPSA) is 50.4 Å². The molecule has 4 heteroatoms. The summed E-state index contributed by atoms with van der Waals surface area (Å²) in [5.74, 6) is 1.12. The van der Waals surface area contributed by atoms with Gasteiger partial charge in [0, 0.05) is 16.9 Å². The quantitative estimate of drug-likeness (QED) is 0.880. The Morgan fingerprint density at radius 3 is 3.00 bits per heavy atom. The van der Waals surface area contributed by atoms with E-state index in [9.17, 15) is 0 Å². The number of amidine groups is 1. The van der Waals surface area contributed by atoms with Crippen molar-refractivity contribution in [1.82, 2.24) is 5.32 Å². The molecule has 1 heterocycles. The molecule has 1 aliphatic carbocycles. The van der Waals surface area contributed by atoms with E-state index in [0.717, 1.165) is 36.0 Å². The second kappa shape index (κ2) is 5.02. The second-order valence-corrected chi connectivity index (χ2v) is 6.09. The lowest BCUT2D eigenvalue weighted by Crippen LogP contribution is -2.44. The van der Waals surface area contributed by atoms with Crippen LogP contribution in [0, 0.1) is 0 Å². The first-order chi connectivity index (χ1) is 8.72. The average molecular weight is 308 g/mol. The van der Waals surface area contributed by atoms with Gasteiger partial charge in [0.15, 0.2) is 0 Å². The van der Waals surface area contributed by atoms with Crippen molar-refractivity contribution in [3.63, 3.8) is 0 Å². The molecule has 0 spiro atoms. The van der Waals surface area contributed by atoms with Crippen LogP contribution in [0.15, 0.2) is 33.7 Å². The van der Waals surface area contributed by atoms with Gasteiger partial charge in [-0.3, -0.25) is 4.99 Å². The molecule has 18 heavy (non-hydrogen) atoms. The molecule has 1 aliphatic heterocycles. The minimum absolute atomic E-state index is 0.344. The van der Waals surface area contributed by atoms with Gasteiger partial charge >= 0.3 is 0 Å². The summed E-state index contributed by atoms with van der Waals surface area (Å²) < 4.78 is 1.15. The lowest BCUT2D eigenvalue weighted by molar-refractivity contribution is 0.347. The van der Waals surface area contributed by atoms with Crippen LogP contribution in [0.2, 0.25) is 0 Å². The van der Waals surface area contributed by atoms with E-state index < -0.39 is 0 Å². The molecule has 3 nitrogen and oxygen atoms in total. The second-order valence-electron chi connectivity index (χ2n) is 5.24. The molecule has 1 saturated carbocycles. The standard InChI is InChI=1S/C14H18BrN3/c15-11-4-2-1-3-9(11)7-14-17-12-6-5-10(16)8-13(12)18-14/h1-4,10,12-13H,5-8,16H2,(H,17,18). The van der Waals surface area contributed by atoms with Gasteiger partial charge in [0.25, 0.3) is 0 Å². The number of hydrogen-bond donors (Lipinski definition) is 2. The maximum atomic E-state index is 6.01. The summed E-state index contributed by atoms with van der Waals surface area (Å²) in [5, 5.41) is 3.55. The molecule has 0 bridgehead atoms. The van der Waals surface area contributed by atoms with E-state index in [2.05, 4.69) is 39.4 Å². The van der Waals surface area contributed by atoms with Gasteiger partial charge in [-0.1, -0.05) is 34.1 Å². The molecule has 1 aromatic carbocycles. The summed E-state index contributed by atoms with van der Waals surface area (Å²) in [5.41, 5.74) is 7.30. The van der Waals surface area contributed by atoms with Gasteiger partial charge in [-0.25, -0.2) is 0 Å². The SMILES string of the molecule is NC1CCC2N=C(Cc3ccccc3Br)NC2C1. The molecule has 3 atom stereocenters. The zero-order chi connectivity index (χ0) is 12.5. The van der Waals surface area contributed by atoms with Crippen molar-refractivity contribution in [3.8, 4) is 0 Å². The normalized spacial score (nSPS) is 30.6. The number of aliphatic imine (C=N–C) groups is 1. The number of nitrogens with one attached hydrogen (secondary N) is 1. The molecule has 1 aromatic rings. The van der Waals surface area contributed by atoms with Crippen LogP contribution >= 0.6 is 15.9 Å². The third kappa shape index (κ3) is 2.45. The number of benzene rings is 1. The summed E-state index contributed by atoms with van der Waals surface area (Å²) in [7, 11) is 0. The molecule has 3 rings (SSSR count). The van der Waals surface area contributed by atoms with E-state index in [1.165, 1.54) is 5.56 Å². The van der Waals surface area contributed by atoms with Crippen LogP contribution in [0.25, 0.3) is 0 Å². The van der Waals surface area contributed by atoms with Gasteiger partial charge in [-0.2, -0.15) is 0 Å². The summed E-state index contributed by atoms with van der Waals surface area (Å²) in [6.07, 6.45) is 4.16. The van der Waals surface area contributed by atoms with Crippen LogP contribution in [0.5, 0.6) is 0 Å². The monoisotopic (exact) mass is 307 g/mol. The van der Waals surface area contributed by atoms with Crippen LogP contribution in [-0.4, -0.2) is 24.0 Å². The maximum absolute atomic E-state index is 6.01. The number of fused-ring (bicyclic) bond motifs is 1. The number of halogens is 1.